The molecule has 2 atom stereocenters. The lowest BCUT2D eigenvalue weighted by Crippen LogP contribution is -2.40. The summed E-state index contributed by atoms with van der Waals surface area (Å²) in [5.41, 5.74) is 3.68. The van der Waals surface area contributed by atoms with Crippen molar-refractivity contribution in [3.63, 3.8) is 0 Å². The van der Waals surface area contributed by atoms with Crippen LogP contribution in [0.1, 0.15) is 45.8 Å². The molecule has 1 unspecified atom stereocenters. The molecule has 3 nitrogen and oxygen atoms in total. The molecule has 1 aliphatic carbocycles. The Labute approximate surface area is 136 Å². The zero-order valence-electron chi connectivity index (χ0n) is 13.3. The van der Waals surface area contributed by atoms with Crippen molar-refractivity contribution in [1.82, 2.24) is 0 Å². The first kappa shape index (κ1) is 14.3. The Balaban J connectivity index is 1.80. The van der Waals surface area contributed by atoms with Gasteiger partial charge in [0.1, 0.15) is 0 Å². The third-order valence-electron chi connectivity index (χ3n) is 5.23. The molecule has 2 aliphatic rings. The molecule has 1 aliphatic heterocycles. The Kier molecular flexibility index (Phi) is 3.37. The summed E-state index contributed by atoms with van der Waals surface area (Å²) in [6.45, 7) is 2.69. The molecule has 0 aromatic heterocycles. The van der Waals surface area contributed by atoms with Crippen LogP contribution < -0.4 is 0 Å². The van der Waals surface area contributed by atoms with Crippen LogP contribution in [0.3, 0.4) is 0 Å². The maximum absolute atomic E-state index is 13.4. The normalized spacial score (nSPS) is 26.3. The van der Waals surface area contributed by atoms with Crippen LogP contribution in [0.25, 0.3) is 0 Å². The molecule has 1 heterocycles. The number of Topliss-reactive ketones (excluding diaryl/α,β-unsaturated/α-hetero) is 1. The van der Waals surface area contributed by atoms with Crippen molar-refractivity contribution < 1.29 is 4.79 Å². The molecular weight excluding hydrogens is 284 g/mol. The predicted octanol–water partition coefficient (Wildman–Crippen LogP) is 4.50. The molecule has 0 fully saturated rings. The minimum Gasteiger partial charge on any atom is -0.291 e. The minimum atomic E-state index is -0.706. The molecule has 2 aromatic carbocycles. The van der Waals surface area contributed by atoms with Crippen LogP contribution in [-0.2, 0) is 6.42 Å². The summed E-state index contributed by atoms with van der Waals surface area (Å²) in [5, 5.41) is 8.83. The van der Waals surface area contributed by atoms with Crippen molar-refractivity contribution in [3.8, 4) is 0 Å². The van der Waals surface area contributed by atoms with E-state index in [0.29, 0.717) is 6.54 Å². The number of benzene rings is 2. The third kappa shape index (κ3) is 2.23. The van der Waals surface area contributed by atoms with Crippen LogP contribution in [0.2, 0.25) is 0 Å². The second-order valence-electron chi connectivity index (χ2n) is 6.65. The lowest BCUT2D eigenvalue weighted by molar-refractivity contribution is 0.0870. The Morgan fingerprint density at radius 2 is 1.87 bits per heavy atom. The van der Waals surface area contributed by atoms with Gasteiger partial charge in [-0.3, -0.25) is 4.79 Å². The second-order valence-corrected chi connectivity index (χ2v) is 6.65. The molecule has 0 saturated carbocycles. The van der Waals surface area contributed by atoms with Crippen LogP contribution in [0, 0.1) is 6.92 Å². The molecule has 3 heteroatoms. The van der Waals surface area contributed by atoms with E-state index < -0.39 is 5.54 Å². The first-order chi connectivity index (χ1) is 11.2. The third-order valence-corrected chi connectivity index (χ3v) is 5.23. The summed E-state index contributed by atoms with van der Waals surface area (Å²) in [4.78, 5) is 13.4. The topological polar surface area (TPSA) is 41.8 Å². The van der Waals surface area contributed by atoms with E-state index in [4.69, 9.17) is 0 Å². The summed E-state index contributed by atoms with van der Waals surface area (Å²) in [6, 6.07) is 16.4. The Morgan fingerprint density at radius 1 is 1.09 bits per heavy atom. The van der Waals surface area contributed by atoms with Crippen molar-refractivity contribution in [3.05, 3.63) is 70.8 Å². The number of carbonyl (C=O) groups is 1. The number of carbonyl (C=O) groups excluding carboxylic acids is 1. The molecule has 0 amide bonds. The fourth-order valence-corrected chi connectivity index (χ4v) is 3.93. The van der Waals surface area contributed by atoms with E-state index in [1.54, 1.807) is 0 Å². The second kappa shape index (κ2) is 5.41. The fraction of sp³-hybridized carbons (Fsp3) is 0.350. The molecule has 23 heavy (non-hydrogen) atoms. The van der Waals surface area contributed by atoms with E-state index in [1.807, 2.05) is 18.2 Å². The highest BCUT2D eigenvalue weighted by Crippen LogP contribution is 2.45. The highest BCUT2D eigenvalue weighted by molar-refractivity contribution is 6.05. The van der Waals surface area contributed by atoms with Gasteiger partial charge in [0.05, 0.1) is 6.54 Å². The Bertz CT molecular complexity index is 778. The fourth-order valence-electron chi connectivity index (χ4n) is 3.93. The monoisotopic (exact) mass is 304 g/mol. The molecular formula is C20H20N2O. The smallest absolute Gasteiger partial charge is 0.193 e. The molecule has 0 bridgehead atoms. The van der Waals surface area contributed by atoms with Crippen LogP contribution >= 0.6 is 0 Å². The van der Waals surface area contributed by atoms with Crippen molar-refractivity contribution in [2.45, 2.75) is 37.6 Å². The molecule has 2 aromatic rings. The number of aryl methyl sites for hydroxylation is 2. The number of nitrogens with zero attached hydrogens (tertiary/aromatic N) is 2. The highest BCUT2D eigenvalue weighted by Gasteiger charge is 2.50. The summed E-state index contributed by atoms with van der Waals surface area (Å²) in [5.74, 6) is 0.208. The molecule has 4 rings (SSSR count). The van der Waals surface area contributed by atoms with Crippen molar-refractivity contribution in [2.24, 2.45) is 10.2 Å². The zero-order chi connectivity index (χ0) is 15.9. The molecule has 116 valence electrons. The van der Waals surface area contributed by atoms with Crippen molar-refractivity contribution in [2.75, 3.05) is 6.54 Å². The van der Waals surface area contributed by atoms with Gasteiger partial charge in [-0.15, -0.1) is 0 Å². The van der Waals surface area contributed by atoms with E-state index in [1.165, 1.54) is 11.1 Å². The molecule has 0 radical (unpaired) electrons. The zero-order valence-corrected chi connectivity index (χ0v) is 13.3. The maximum Gasteiger partial charge on any atom is 0.193 e. The van der Waals surface area contributed by atoms with Gasteiger partial charge >= 0.3 is 0 Å². The number of ketones is 1. The van der Waals surface area contributed by atoms with E-state index in [9.17, 15) is 4.79 Å². The highest BCUT2D eigenvalue weighted by atomic mass is 16.1. The average molecular weight is 304 g/mol. The van der Waals surface area contributed by atoms with E-state index in [2.05, 4.69) is 47.5 Å². The lowest BCUT2D eigenvalue weighted by Gasteiger charge is -2.29. The van der Waals surface area contributed by atoms with Crippen LogP contribution in [0.5, 0.6) is 0 Å². The average Bonchev–Trinajstić information content (AvgIpc) is 2.94. The number of hydrogen-bond donors (Lipinski definition) is 0. The van der Waals surface area contributed by atoms with Gasteiger partial charge < -0.3 is 0 Å². The number of hydrogen-bond acceptors (Lipinski definition) is 3. The molecule has 1 spiro atoms. The van der Waals surface area contributed by atoms with Gasteiger partial charge in [0, 0.05) is 11.5 Å². The quantitative estimate of drug-likeness (QED) is 0.764. The van der Waals surface area contributed by atoms with Crippen LogP contribution in [0.4, 0.5) is 0 Å². The number of fused-ring (bicyclic) bond motifs is 1. The summed E-state index contributed by atoms with van der Waals surface area (Å²) < 4.78 is 0. The first-order valence-corrected chi connectivity index (χ1v) is 8.29. The van der Waals surface area contributed by atoms with Crippen molar-refractivity contribution >= 4 is 5.78 Å². The summed E-state index contributed by atoms with van der Waals surface area (Å²) >= 11 is 0. The largest absolute Gasteiger partial charge is 0.291 e. The Morgan fingerprint density at radius 3 is 2.70 bits per heavy atom. The first-order valence-electron chi connectivity index (χ1n) is 8.29. The van der Waals surface area contributed by atoms with E-state index >= 15 is 0 Å². The Hall–Kier alpha value is -2.29. The van der Waals surface area contributed by atoms with Gasteiger partial charge in [-0.1, -0.05) is 54.1 Å². The van der Waals surface area contributed by atoms with Gasteiger partial charge in [0.15, 0.2) is 11.3 Å². The lowest BCUT2D eigenvalue weighted by atomic mass is 9.74. The van der Waals surface area contributed by atoms with E-state index in [0.717, 1.165) is 30.4 Å². The summed E-state index contributed by atoms with van der Waals surface area (Å²) in [7, 11) is 0. The van der Waals surface area contributed by atoms with Gasteiger partial charge in [-0.2, -0.15) is 10.2 Å². The van der Waals surface area contributed by atoms with Gasteiger partial charge in [0.25, 0.3) is 0 Å². The van der Waals surface area contributed by atoms with Gasteiger partial charge in [-0.25, -0.2) is 0 Å². The maximum atomic E-state index is 13.4. The van der Waals surface area contributed by atoms with Crippen LogP contribution in [-0.4, -0.2) is 17.9 Å². The van der Waals surface area contributed by atoms with Crippen molar-refractivity contribution in [1.29, 1.82) is 0 Å². The van der Waals surface area contributed by atoms with E-state index in [-0.39, 0.29) is 11.7 Å². The number of rotatable bonds is 1. The predicted molar refractivity (Wildman–Crippen MR) is 90.1 cm³/mol. The summed E-state index contributed by atoms with van der Waals surface area (Å²) in [6.07, 6.45) is 2.70. The minimum absolute atomic E-state index is 0.0572. The molecule has 0 saturated heterocycles. The van der Waals surface area contributed by atoms with Gasteiger partial charge in [0.2, 0.25) is 0 Å². The van der Waals surface area contributed by atoms with Crippen LogP contribution in [0.15, 0.2) is 58.8 Å². The standard InChI is InChI=1S/C20H20N2O/c1-14-8-10-16(11-9-14)18-13-21-22-20(18)12-4-6-15-5-2-3-7-17(15)19(20)23/h2-3,5,7-11,18H,4,6,12-13H2,1H3/t18-,20?/m0/s1. The SMILES string of the molecule is Cc1ccc([C@@H]2CN=NC23CCCc2ccccc2C3=O)cc1. The van der Waals surface area contributed by atoms with Gasteiger partial charge in [-0.05, 0) is 37.3 Å². The molecule has 0 N–H and O–H groups in total. The number of azo groups is 1.